The van der Waals surface area contributed by atoms with Gasteiger partial charge in [0.1, 0.15) is 0 Å². The zero-order valence-electron chi connectivity index (χ0n) is 10.8. The zero-order valence-corrected chi connectivity index (χ0v) is 10.8. The third kappa shape index (κ3) is 5.78. The first-order chi connectivity index (χ1) is 6.96. The minimum Gasteiger partial charge on any atom is -0.355 e. The first-order valence-corrected chi connectivity index (χ1v) is 5.89. The number of carbonyl (C=O) groups is 1. The van der Waals surface area contributed by atoms with Crippen molar-refractivity contribution in [3.05, 3.63) is 0 Å². The summed E-state index contributed by atoms with van der Waals surface area (Å²) in [6.07, 6.45) is 1.97. The highest BCUT2D eigenvalue weighted by Crippen LogP contribution is 2.17. The van der Waals surface area contributed by atoms with E-state index in [0.717, 1.165) is 25.9 Å². The quantitative estimate of drug-likeness (QED) is 0.678. The molecule has 3 heteroatoms. The summed E-state index contributed by atoms with van der Waals surface area (Å²) in [5.74, 6) is 0.274. The molecule has 0 heterocycles. The minimum absolute atomic E-state index is 0.0997. The van der Waals surface area contributed by atoms with Crippen LogP contribution in [0.3, 0.4) is 0 Å². The number of carbonyl (C=O) groups excluding carboxylic acids is 1. The van der Waals surface area contributed by atoms with Crippen molar-refractivity contribution in [1.82, 2.24) is 10.6 Å². The first-order valence-electron chi connectivity index (χ1n) is 5.89. The van der Waals surface area contributed by atoms with Gasteiger partial charge in [-0.25, -0.2) is 0 Å². The fourth-order valence-corrected chi connectivity index (χ4v) is 1.26. The molecule has 0 saturated carbocycles. The average Bonchev–Trinajstić information content (AvgIpc) is 2.22. The van der Waals surface area contributed by atoms with Gasteiger partial charge in [0, 0.05) is 13.1 Å². The highest BCUT2D eigenvalue weighted by molar-refractivity contribution is 5.78. The lowest BCUT2D eigenvalue weighted by Crippen LogP contribution is -2.40. The number of hydrogen-bond donors (Lipinski definition) is 2. The number of rotatable bonds is 7. The SMILES string of the molecule is CCC(CNC)C(=O)NCC(C)(C)CC. The summed E-state index contributed by atoms with van der Waals surface area (Å²) in [6, 6.07) is 0. The van der Waals surface area contributed by atoms with E-state index in [2.05, 4.69) is 31.4 Å². The lowest BCUT2D eigenvalue weighted by molar-refractivity contribution is -0.125. The molecule has 1 amide bonds. The first kappa shape index (κ1) is 14.4. The van der Waals surface area contributed by atoms with Crippen molar-refractivity contribution >= 4 is 5.91 Å². The van der Waals surface area contributed by atoms with Crippen LogP contribution in [0.1, 0.15) is 40.5 Å². The van der Waals surface area contributed by atoms with Crippen molar-refractivity contribution in [3.8, 4) is 0 Å². The summed E-state index contributed by atoms with van der Waals surface area (Å²) in [5.41, 5.74) is 0.202. The molecule has 0 aliphatic carbocycles. The minimum atomic E-state index is 0.0997. The van der Waals surface area contributed by atoms with Gasteiger partial charge in [0.25, 0.3) is 0 Å². The Balaban J connectivity index is 4.01. The van der Waals surface area contributed by atoms with Crippen LogP contribution in [0, 0.1) is 11.3 Å². The fourth-order valence-electron chi connectivity index (χ4n) is 1.26. The van der Waals surface area contributed by atoms with Crippen molar-refractivity contribution in [2.75, 3.05) is 20.1 Å². The largest absolute Gasteiger partial charge is 0.355 e. The number of nitrogens with one attached hydrogen (secondary N) is 2. The molecule has 0 aromatic rings. The summed E-state index contributed by atoms with van der Waals surface area (Å²) in [4.78, 5) is 11.8. The molecule has 0 aromatic carbocycles. The molecule has 0 saturated heterocycles. The second kappa shape index (κ2) is 6.83. The maximum absolute atomic E-state index is 11.8. The van der Waals surface area contributed by atoms with E-state index >= 15 is 0 Å². The van der Waals surface area contributed by atoms with Crippen LogP contribution in [0.5, 0.6) is 0 Å². The lowest BCUT2D eigenvalue weighted by Gasteiger charge is -2.24. The Bertz CT molecular complexity index is 190. The van der Waals surface area contributed by atoms with Crippen LogP contribution >= 0.6 is 0 Å². The van der Waals surface area contributed by atoms with Crippen LogP contribution in [0.15, 0.2) is 0 Å². The Kier molecular flexibility index (Phi) is 6.57. The number of hydrogen-bond acceptors (Lipinski definition) is 2. The molecule has 0 fully saturated rings. The summed E-state index contributed by atoms with van der Waals surface area (Å²) in [5, 5.41) is 6.08. The highest BCUT2D eigenvalue weighted by Gasteiger charge is 2.19. The third-order valence-corrected chi connectivity index (χ3v) is 3.01. The molecule has 0 bridgehead atoms. The van der Waals surface area contributed by atoms with E-state index in [1.54, 1.807) is 0 Å². The molecule has 0 aromatic heterocycles. The number of amides is 1. The van der Waals surface area contributed by atoms with Gasteiger partial charge < -0.3 is 10.6 Å². The van der Waals surface area contributed by atoms with Crippen molar-refractivity contribution in [1.29, 1.82) is 0 Å². The summed E-state index contributed by atoms with van der Waals surface area (Å²) < 4.78 is 0. The van der Waals surface area contributed by atoms with Crippen LogP contribution < -0.4 is 10.6 Å². The molecule has 0 aliphatic rings. The molecule has 2 N–H and O–H groups in total. The van der Waals surface area contributed by atoms with E-state index in [4.69, 9.17) is 0 Å². The fraction of sp³-hybridized carbons (Fsp3) is 0.917. The lowest BCUT2D eigenvalue weighted by atomic mass is 9.90. The van der Waals surface area contributed by atoms with Crippen LogP contribution in [0.2, 0.25) is 0 Å². The molecule has 0 spiro atoms. The van der Waals surface area contributed by atoms with E-state index in [1.165, 1.54) is 0 Å². The van der Waals surface area contributed by atoms with Crippen LogP contribution in [0.25, 0.3) is 0 Å². The van der Waals surface area contributed by atoms with E-state index in [9.17, 15) is 4.79 Å². The van der Waals surface area contributed by atoms with Crippen LogP contribution in [0.4, 0.5) is 0 Å². The normalized spacial score (nSPS) is 13.7. The van der Waals surface area contributed by atoms with Gasteiger partial charge in [0.05, 0.1) is 5.92 Å². The van der Waals surface area contributed by atoms with Gasteiger partial charge in [-0.3, -0.25) is 4.79 Å². The molecule has 15 heavy (non-hydrogen) atoms. The topological polar surface area (TPSA) is 41.1 Å². The summed E-state index contributed by atoms with van der Waals surface area (Å²) in [6.45, 7) is 10.1. The second-order valence-corrected chi connectivity index (χ2v) is 4.90. The van der Waals surface area contributed by atoms with Crippen LogP contribution in [-0.4, -0.2) is 26.0 Å². The summed E-state index contributed by atoms with van der Waals surface area (Å²) in [7, 11) is 1.88. The highest BCUT2D eigenvalue weighted by atomic mass is 16.1. The Labute approximate surface area is 94.0 Å². The Morgan fingerprint density at radius 2 is 1.93 bits per heavy atom. The average molecular weight is 214 g/mol. The molecule has 1 atom stereocenters. The Morgan fingerprint density at radius 3 is 2.33 bits per heavy atom. The van der Waals surface area contributed by atoms with Crippen molar-refractivity contribution in [2.24, 2.45) is 11.3 Å². The van der Waals surface area contributed by atoms with Crippen LogP contribution in [-0.2, 0) is 4.79 Å². The smallest absolute Gasteiger partial charge is 0.224 e. The van der Waals surface area contributed by atoms with Gasteiger partial charge in [0.15, 0.2) is 0 Å². The van der Waals surface area contributed by atoms with E-state index in [-0.39, 0.29) is 17.2 Å². The molecule has 0 radical (unpaired) electrons. The molecule has 0 aliphatic heterocycles. The van der Waals surface area contributed by atoms with Crippen molar-refractivity contribution in [3.63, 3.8) is 0 Å². The van der Waals surface area contributed by atoms with Gasteiger partial charge in [-0.2, -0.15) is 0 Å². The van der Waals surface area contributed by atoms with Gasteiger partial charge in [-0.15, -0.1) is 0 Å². The molecule has 1 unspecified atom stereocenters. The molecular formula is C12H26N2O. The van der Waals surface area contributed by atoms with Gasteiger partial charge >= 0.3 is 0 Å². The Morgan fingerprint density at radius 1 is 1.33 bits per heavy atom. The second-order valence-electron chi connectivity index (χ2n) is 4.90. The molecule has 0 rings (SSSR count). The maximum Gasteiger partial charge on any atom is 0.224 e. The summed E-state index contributed by atoms with van der Waals surface area (Å²) >= 11 is 0. The Hall–Kier alpha value is -0.570. The predicted molar refractivity (Wildman–Crippen MR) is 64.8 cm³/mol. The van der Waals surface area contributed by atoms with Gasteiger partial charge in [-0.1, -0.05) is 27.7 Å². The molecule has 3 nitrogen and oxygen atoms in total. The monoisotopic (exact) mass is 214 g/mol. The zero-order chi connectivity index (χ0) is 11.9. The van der Waals surface area contributed by atoms with E-state index in [0.29, 0.717) is 0 Å². The van der Waals surface area contributed by atoms with Crippen molar-refractivity contribution < 1.29 is 4.79 Å². The maximum atomic E-state index is 11.8. The van der Waals surface area contributed by atoms with Gasteiger partial charge in [-0.05, 0) is 25.3 Å². The van der Waals surface area contributed by atoms with E-state index in [1.807, 2.05) is 14.0 Å². The third-order valence-electron chi connectivity index (χ3n) is 3.01. The van der Waals surface area contributed by atoms with Gasteiger partial charge in [0.2, 0.25) is 5.91 Å². The van der Waals surface area contributed by atoms with E-state index < -0.39 is 0 Å². The standard InChI is InChI=1S/C12H26N2O/c1-6-10(8-13-5)11(15)14-9-12(3,4)7-2/h10,13H,6-9H2,1-5H3,(H,14,15). The van der Waals surface area contributed by atoms with Crippen molar-refractivity contribution in [2.45, 2.75) is 40.5 Å². The molecule has 90 valence electrons. The molecular weight excluding hydrogens is 188 g/mol. The predicted octanol–water partition coefficient (Wildman–Crippen LogP) is 1.78.